The third-order valence-corrected chi connectivity index (χ3v) is 3.06. The molecule has 0 fully saturated rings. The molecule has 1 aromatic carbocycles. The maximum absolute atomic E-state index is 13.1. The van der Waals surface area contributed by atoms with Crippen LogP contribution in [0.1, 0.15) is 16.9 Å². The Labute approximate surface area is 134 Å². The van der Waals surface area contributed by atoms with E-state index in [4.69, 9.17) is 0 Å². The van der Waals surface area contributed by atoms with Gasteiger partial charge in [0.1, 0.15) is 5.82 Å². The molecule has 23 heavy (non-hydrogen) atoms. The Hall–Kier alpha value is -2.54. The summed E-state index contributed by atoms with van der Waals surface area (Å²) < 4.78 is 13.1. The molecule has 0 unspecified atom stereocenters. The Kier molecular flexibility index (Phi) is 5.99. The quantitative estimate of drug-likeness (QED) is 0.765. The van der Waals surface area contributed by atoms with Gasteiger partial charge in [-0.3, -0.25) is 4.79 Å². The summed E-state index contributed by atoms with van der Waals surface area (Å²) in [5.74, 6) is -0.148. The summed E-state index contributed by atoms with van der Waals surface area (Å²) in [6, 6.07) is 9.24. The number of anilines is 2. The second-order valence-corrected chi connectivity index (χ2v) is 5.35. The maximum Gasteiger partial charge on any atom is 0.271 e. The van der Waals surface area contributed by atoms with Crippen LogP contribution in [0.4, 0.5) is 15.9 Å². The van der Waals surface area contributed by atoms with E-state index in [9.17, 15) is 9.18 Å². The number of hydrogen-bond donors (Lipinski definition) is 2. The summed E-state index contributed by atoms with van der Waals surface area (Å²) in [4.78, 5) is 14.0. The van der Waals surface area contributed by atoms with Gasteiger partial charge >= 0.3 is 0 Å². The van der Waals surface area contributed by atoms with Crippen molar-refractivity contribution in [3.05, 3.63) is 47.9 Å². The molecule has 0 atom stereocenters. The molecular formula is C16H20FN5O. The highest BCUT2D eigenvalue weighted by molar-refractivity contribution is 5.92. The van der Waals surface area contributed by atoms with E-state index in [2.05, 4.69) is 25.7 Å². The normalized spacial score (nSPS) is 10.6. The SMILES string of the molecule is CN(C)CCCNC(=O)c1ccc(Nc2cccc(F)c2)nn1. The summed E-state index contributed by atoms with van der Waals surface area (Å²) in [5, 5.41) is 13.5. The van der Waals surface area contributed by atoms with Crippen LogP contribution < -0.4 is 10.6 Å². The molecule has 2 aromatic rings. The van der Waals surface area contributed by atoms with E-state index in [1.54, 1.807) is 24.3 Å². The first kappa shape index (κ1) is 16.8. The molecule has 6 nitrogen and oxygen atoms in total. The van der Waals surface area contributed by atoms with Gasteiger partial charge < -0.3 is 15.5 Å². The number of amides is 1. The van der Waals surface area contributed by atoms with Crippen molar-refractivity contribution < 1.29 is 9.18 Å². The van der Waals surface area contributed by atoms with Crippen LogP contribution in [0.15, 0.2) is 36.4 Å². The third-order valence-electron chi connectivity index (χ3n) is 3.06. The zero-order chi connectivity index (χ0) is 16.7. The number of halogens is 1. The molecule has 0 aliphatic heterocycles. The van der Waals surface area contributed by atoms with E-state index in [-0.39, 0.29) is 17.4 Å². The van der Waals surface area contributed by atoms with Crippen molar-refractivity contribution in [1.82, 2.24) is 20.4 Å². The number of carbonyl (C=O) groups is 1. The average Bonchev–Trinajstić information content (AvgIpc) is 2.52. The lowest BCUT2D eigenvalue weighted by molar-refractivity contribution is 0.0946. The fourth-order valence-corrected chi connectivity index (χ4v) is 1.92. The Balaban J connectivity index is 1.87. The molecule has 0 aliphatic rings. The van der Waals surface area contributed by atoms with Crippen molar-refractivity contribution in [2.75, 3.05) is 32.5 Å². The highest BCUT2D eigenvalue weighted by Gasteiger charge is 2.07. The third kappa shape index (κ3) is 5.63. The van der Waals surface area contributed by atoms with E-state index >= 15 is 0 Å². The van der Waals surface area contributed by atoms with Crippen molar-refractivity contribution in [2.45, 2.75) is 6.42 Å². The minimum Gasteiger partial charge on any atom is -0.351 e. The van der Waals surface area contributed by atoms with Crippen LogP contribution in [0.3, 0.4) is 0 Å². The first-order chi connectivity index (χ1) is 11.0. The highest BCUT2D eigenvalue weighted by atomic mass is 19.1. The van der Waals surface area contributed by atoms with E-state index in [0.717, 1.165) is 13.0 Å². The number of aromatic nitrogens is 2. The molecule has 2 N–H and O–H groups in total. The lowest BCUT2D eigenvalue weighted by Crippen LogP contribution is -2.28. The summed E-state index contributed by atoms with van der Waals surface area (Å²) in [5.41, 5.74) is 0.819. The van der Waals surface area contributed by atoms with Crippen molar-refractivity contribution in [3.8, 4) is 0 Å². The highest BCUT2D eigenvalue weighted by Crippen LogP contribution is 2.14. The summed E-state index contributed by atoms with van der Waals surface area (Å²) in [6.45, 7) is 1.49. The van der Waals surface area contributed by atoms with Crippen LogP contribution in [0.25, 0.3) is 0 Å². The van der Waals surface area contributed by atoms with Gasteiger partial charge in [-0.25, -0.2) is 4.39 Å². The summed E-state index contributed by atoms with van der Waals surface area (Å²) >= 11 is 0. The molecule has 0 radical (unpaired) electrons. The first-order valence-electron chi connectivity index (χ1n) is 7.34. The van der Waals surface area contributed by atoms with E-state index in [1.807, 2.05) is 14.1 Å². The second kappa shape index (κ2) is 8.19. The molecule has 0 saturated carbocycles. The summed E-state index contributed by atoms with van der Waals surface area (Å²) in [6.07, 6.45) is 0.866. The molecule has 0 aliphatic carbocycles. The van der Waals surface area contributed by atoms with Crippen LogP contribution in [0, 0.1) is 5.82 Å². The van der Waals surface area contributed by atoms with Crippen LogP contribution >= 0.6 is 0 Å². The number of rotatable bonds is 7. The molecule has 1 heterocycles. The number of hydrogen-bond acceptors (Lipinski definition) is 5. The van der Waals surface area contributed by atoms with Gasteiger partial charge in [0.25, 0.3) is 5.91 Å². The molecule has 0 spiro atoms. The fraction of sp³-hybridized carbons (Fsp3) is 0.312. The lowest BCUT2D eigenvalue weighted by atomic mass is 10.3. The number of nitrogens with one attached hydrogen (secondary N) is 2. The number of benzene rings is 1. The first-order valence-corrected chi connectivity index (χ1v) is 7.34. The predicted octanol–water partition coefficient (Wildman–Crippen LogP) is 2.04. The van der Waals surface area contributed by atoms with Crippen molar-refractivity contribution in [3.63, 3.8) is 0 Å². The zero-order valence-electron chi connectivity index (χ0n) is 13.2. The Morgan fingerprint density at radius 1 is 1.22 bits per heavy atom. The van der Waals surface area contributed by atoms with E-state index in [0.29, 0.717) is 18.1 Å². The topological polar surface area (TPSA) is 70.2 Å². The Morgan fingerprint density at radius 3 is 2.70 bits per heavy atom. The molecular weight excluding hydrogens is 297 g/mol. The van der Waals surface area contributed by atoms with Crippen molar-refractivity contribution in [2.24, 2.45) is 0 Å². The van der Waals surface area contributed by atoms with Crippen molar-refractivity contribution in [1.29, 1.82) is 0 Å². The summed E-state index contributed by atoms with van der Waals surface area (Å²) in [7, 11) is 3.97. The van der Waals surface area contributed by atoms with Gasteiger partial charge in [-0.1, -0.05) is 6.07 Å². The molecule has 7 heteroatoms. The monoisotopic (exact) mass is 317 g/mol. The predicted molar refractivity (Wildman–Crippen MR) is 87.2 cm³/mol. The molecule has 0 bridgehead atoms. The molecule has 2 rings (SSSR count). The zero-order valence-corrected chi connectivity index (χ0v) is 13.2. The van der Waals surface area contributed by atoms with Gasteiger partial charge in [-0.15, -0.1) is 10.2 Å². The fourth-order valence-electron chi connectivity index (χ4n) is 1.92. The minimum atomic E-state index is -0.336. The van der Waals surface area contributed by atoms with E-state index in [1.165, 1.54) is 12.1 Å². The largest absolute Gasteiger partial charge is 0.351 e. The standard InChI is InChI=1S/C16H20FN5O/c1-22(2)10-4-9-18-16(23)14-7-8-15(21-20-14)19-13-6-3-5-12(17)11-13/h3,5-8,11H,4,9-10H2,1-2H3,(H,18,23)(H,19,21). The van der Waals surface area contributed by atoms with Crippen LogP contribution in [0.5, 0.6) is 0 Å². The molecule has 1 amide bonds. The Bertz CT molecular complexity index is 645. The van der Waals surface area contributed by atoms with Gasteiger partial charge in [0.05, 0.1) is 0 Å². The van der Waals surface area contributed by atoms with Gasteiger partial charge in [-0.05, 0) is 57.4 Å². The lowest BCUT2D eigenvalue weighted by Gasteiger charge is -2.09. The van der Waals surface area contributed by atoms with Gasteiger partial charge in [0.2, 0.25) is 0 Å². The maximum atomic E-state index is 13.1. The van der Waals surface area contributed by atoms with Crippen LogP contribution in [-0.2, 0) is 0 Å². The van der Waals surface area contributed by atoms with Crippen LogP contribution in [-0.4, -0.2) is 48.2 Å². The van der Waals surface area contributed by atoms with Gasteiger partial charge in [0, 0.05) is 12.2 Å². The van der Waals surface area contributed by atoms with Crippen molar-refractivity contribution >= 4 is 17.4 Å². The van der Waals surface area contributed by atoms with Gasteiger partial charge in [0.15, 0.2) is 11.5 Å². The molecule has 122 valence electrons. The molecule has 1 aromatic heterocycles. The Morgan fingerprint density at radius 2 is 2.04 bits per heavy atom. The van der Waals surface area contributed by atoms with E-state index < -0.39 is 0 Å². The average molecular weight is 317 g/mol. The van der Waals surface area contributed by atoms with Gasteiger partial charge in [-0.2, -0.15) is 0 Å². The number of nitrogens with zero attached hydrogens (tertiary/aromatic N) is 3. The minimum absolute atomic E-state index is 0.250. The molecule has 0 saturated heterocycles. The van der Waals surface area contributed by atoms with Crippen LogP contribution in [0.2, 0.25) is 0 Å². The number of carbonyl (C=O) groups excluding carboxylic acids is 1. The second-order valence-electron chi connectivity index (χ2n) is 5.35. The smallest absolute Gasteiger partial charge is 0.271 e.